The van der Waals surface area contributed by atoms with Crippen molar-refractivity contribution in [1.29, 1.82) is 0 Å². The van der Waals surface area contributed by atoms with Crippen LogP contribution < -0.4 is 0 Å². The van der Waals surface area contributed by atoms with Crippen LogP contribution in [0.2, 0.25) is 0 Å². The van der Waals surface area contributed by atoms with Crippen molar-refractivity contribution in [3.8, 4) is 0 Å². The van der Waals surface area contributed by atoms with Crippen LogP contribution in [-0.4, -0.2) is 51.8 Å². The predicted octanol–water partition coefficient (Wildman–Crippen LogP) is 4.09. The molecule has 0 spiro atoms. The highest BCUT2D eigenvalue weighted by Gasteiger charge is 2.77. The second-order valence-corrected chi connectivity index (χ2v) is 12.0. The molecule has 3 fully saturated rings. The Morgan fingerprint density at radius 2 is 1.81 bits per heavy atom. The van der Waals surface area contributed by atoms with E-state index in [4.69, 9.17) is 21.1 Å². The van der Waals surface area contributed by atoms with Gasteiger partial charge in [0.1, 0.15) is 12.7 Å². The van der Waals surface area contributed by atoms with Crippen molar-refractivity contribution >= 4 is 35.1 Å². The molecule has 0 unspecified atom stereocenters. The first kappa shape index (κ1) is 27.1. The number of esters is 2. The molecule has 0 aromatic heterocycles. The van der Waals surface area contributed by atoms with Gasteiger partial charge in [0.05, 0.1) is 4.87 Å². The minimum absolute atomic E-state index is 0.0857. The molecule has 0 aliphatic heterocycles. The molecule has 0 heterocycles. The van der Waals surface area contributed by atoms with Crippen molar-refractivity contribution in [2.45, 2.75) is 89.7 Å². The standard InChI is InChI=1S/C28H37ClO7/c1-6-23(33)35-22-14-26(5)20(12-16(3)28(26,21(32)15-30)36-24(34)7-2)19-9-8-17-13-18(31)10-11-25(17,4)27(19,22)29/h10-11,13,16,19-20,22,30H,6-9,12,14-15H2,1-5H3/t16-,19-,20-,22-,25-,26-,27-,28-/m0/s1. The Labute approximate surface area is 217 Å². The molecule has 8 atom stereocenters. The van der Waals surface area contributed by atoms with E-state index in [2.05, 4.69) is 0 Å². The third-order valence-corrected chi connectivity index (χ3v) is 10.8. The van der Waals surface area contributed by atoms with Gasteiger partial charge in [-0.3, -0.25) is 19.2 Å². The third kappa shape index (κ3) is 3.41. The second-order valence-electron chi connectivity index (χ2n) is 11.4. The summed E-state index contributed by atoms with van der Waals surface area (Å²) >= 11 is 7.70. The van der Waals surface area contributed by atoms with Crippen LogP contribution in [0.4, 0.5) is 0 Å². The molecule has 36 heavy (non-hydrogen) atoms. The van der Waals surface area contributed by atoms with E-state index in [0.29, 0.717) is 19.3 Å². The van der Waals surface area contributed by atoms with Crippen molar-refractivity contribution in [3.63, 3.8) is 0 Å². The van der Waals surface area contributed by atoms with Gasteiger partial charge >= 0.3 is 11.9 Å². The van der Waals surface area contributed by atoms with E-state index in [-0.39, 0.29) is 42.8 Å². The number of hydrogen-bond acceptors (Lipinski definition) is 7. The first-order valence-corrected chi connectivity index (χ1v) is 13.4. The minimum Gasteiger partial charge on any atom is -0.460 e. The Kier molecular flexibility index (Phi) is 6.83. The average Bonchev–Trinajstić information content (AvgIpc) is 3.06. The highest BCUT2D eigenvalue weighted by atomic mass is 35.5. The van der Waals surface area contributed by atoms with Crippen LogP contribution in [0.5, 0.6) is 0 Å². The summed E-state index contributed by atoms with van der Waals surface area (Å²) in [6, 6.07) is 0. The summed E-state index contributed by atoms with van der Waals surface area (Å²) in [5.74, 6) is -2.23. The van der Waals surface area contributed by atoms with Gasteiger partial charge in [0.15, 0.2) is 11.4 Å². The third-order valence-electron chi connectivity index (χ3n) is 9.84. The molecule has 1 N–H and O–H groups in total. The number of ether oxygens (including phenoxy) is 2. The number of aliphatic hydroxyl groups excluding tert-OH is 1. The zero-order valence-corrected chi connectivity index (χ0v) is 22.5. The summed E-state index contributed by atoms with van der Waals surface area (Å²) in [6.45, 7) is 8.43. The molecule has 4 rings (SSSR count). The predicted molar refractivity (Wildman–Crippen MR) is 133 cm³/mol. The molecular weight excluding hydrogens is 484 g/mol. The Balaban J connectivity index is 1.92. The first-order chi connectivity index (χ1) is 16.8. The topological polar surface area (TPSA) is 107 Å². The van der Waals surface area contributed by atoms with Gasteiger partial charge in [-0.2, -0.15) is 0 Å². The van der Waals surface area contributed by atoms with Crippen molar-refractivity contribution in [3.05, 3.63) is 23.8 Å². The molecule has 4 aliphatic rings. The van der Waals surface area contributed by atoms with Gasteiger partial charge in [-0.05, 0) is 49.7 Å². The number of allylic oxidation sites excluding steroid dienone is 4. The molecule has 0 saturated heterocycles. The lowest BCUT2D eigenvalue weighted by Gasteiger charge is -2.64. The van der Waals surface area contributed by atoms with E-state index in [1.165, 1.54) is 6.08 Å². The maximum absolute atomic E-state index is 13.5. The molecular formula is C28H37ClO7. The number of fused-ring (bicyclic) bond motifs is 5. The fourth-order valence-corrected chi connectivity index (χ4v) is 8.67. The number of carbonyl (C=O) groups excluding carboxylic acids is 4. The zero-order chi connectivity index (χ0) is 26.7. The number of halogens is 1. The fraction of sp³-hybridized carbons (Fsp3) is 0.714. The van der Waals surface area contributed by atoms with Gasteiger partial charge in [-0.15, -0.1) is 11.6 Å². The molecule has 8 heteroatoms. The van der Waals surface area contributed by atoms with Crippen molar-refractivity contribution in [1.82, 2.24) is 0 Å². The van der Waals surface area contributed by atoms with Gasteiger partial charge in [0.2, 0.25) is 5.78 Å². The number of ketones is 2. The van der Waals surface area contributed by atoms with E-state index in [1.54, 1.807) is 19.9 Å². The van der Waals surface area contributed by atoms with E-state index in [1.807, 2.05) is 26.8 Å². The van der Waals surface area contributed by atoms with Crippen LogP contribution in [0.25, 0.3) is 0 Å². The van der Waals surface area contributed by atoms with E-state index >= 15 is 0 Å². The van der Waals surface area contributed by atoms with Crippen LogP contribution in [0.1, 0.15) is 73.1 Å². The Hall–Kier alpha value is -1.99. The van der Waals surface area contributed by atoms with Crippen molar-refractivity contribution in [2.24, 2.45) is 28.6 Å². The highest BCUT2D eigenvalue weighted by Crippen LogP contribution is 2.72. The van der Waals surface area contributed by atoms with Crippen molar-refractivity contribution < 1.29 is 33.8 Å². The van der Waals surface area contributed by atoms with Gasteiger partial charge in [-0.1, -0.05) is 46.3 Å². The summed E-state index contributed by atoms with van der Waals surface area (Å²) in [6.07, 6.45) is 6.53. The van der Waals surface area contributed by atoms with Crippen LogP contribution >= 0.6 is 11.6 Å². The molecule has 0 amide bonds. The number of aliphatic hydroxyl groups is 1. The van der Waals surface area contributed by atoms with Crippen LogP contribution in [0, 0.1) is 28.6 Å². The number of alkyl halides is 1. The lowest BCUT2D eigenvalue weighted by atomic mass is 9.45. The summed E-state index contributed by atoms with van der Waals surface area (Å²) in [5, 5.41) is 10.0. The van der Waals surface area contributed by atoms with E-state index in [9.17, 15) is 24.3 Å². The van der Waals surface area contributed by atoms with Gasteiger partial charge in [0, 0.05) is 29.6 Å². The highest BCUT2D eigenvalue weighted by molar-refractivity contribution is 6.26. The Morgan fingerprint density at radius 3 is 2.42 bits per heavy atom. The van der Waals surface area contributed by atoms with Gasteiger partial charge in [-0.25, -0.2) is 0 Å². The molecule has 0 aromatic carbocycles. The molecule has 7 nitrogen and oxygen atoms in total. The van der Waals surface area contributed by atoms with E-state index < -0.39 is 51.7 Å². The normalized spacial score (nSPS) is 43.1. The second kappa shape index (κ2) is 9.09. The Bertz CT molecular complexity index is 1050. The summed E-state index contributed by atoms with van der Waals surface area (Å²) in [7, 11) is 0. The monoisotopic (exact) mass is 520 g/mol. The molecule has 198 valence electrons. The van der Waals surface area contributed by atoms with Gasteiger partial charge in [0.25, 0.3) is 0 Å². The fourth-order valence-electron chi connectivity index (χ4n) is 8.10. The number of rotatable bonds is 6. The average molecular weight is 521 g/mol. The zero-order valence-electron chi connectivity index (χ0n) is 21.8. The maximum Gasteiger partial charge on any atom is 0.306 e. The summed E-state index contributed by atoms with van der Waals surface area (Å²) < 4.78 is 12.1. The smallest absolute Gasteiger partial charge is 0.306 e. The van der Waals surface area contributed by atoms with E-state index in [0.717, 1.165) is 5.57 Å². The molecule has 4 aliphatic carbocycles. The van der Waals surface area contributed by atoms with Crippen LogP contribution in [0.15, 0.2) is 23.8 Å². The molecule has 0 bridgehead atoms. The lowest BCUT2D eigenvalue weighted by Crippen LogP contribution is -2.70. The van der Waals surface area contributed by atoms with Gasteiger partial charge < -0.3 is 14.6 Å². The number of Topliss-reactive ketones (excluding diaryl/α,β-unsaturated/α-hetero) is 1. The van der Waals surface area contributed by atoms with Crippen LogP contribution in [0.3, 0.4) is 0 Å². The molecule has 0 radical (unpaired) electrons. The summed E-state index contributed by atoms with van der Waals surface area (Å²) in [4.78, 5) is 50.0. The Morgan fingerprint density at radius 1 is 1.14 bits per heavy atom. The largest absolute Gasteiger partial charge is 0.460 e. The van der Waals surface area contributed by atoms with Crippen molar-refractivity contribution in [2.75, 3.05) is 6.61 Å². The summed E-state index contributed by atoms with van der Waals surface area (Å²) in [5.41, 5.74) is -2.28. The molecule has 3 saturated carbocycles. The number of hydrogen-bond donors (Lipinski definition) is 1. The van der Waals surface area contributed by atoms with Crippen LogP contribution in [-0.2, 0) is 28.7 Å². The minimum atomic E-state index is -1.55. The molecule has 0 aromatic rings. The quantitative estimate of drug-likeness (QED) is 0.415. The number of carbonyl (C=O) groups is 4. The SMILES string of the molecule is CCC(=O)O[C@H]1C[C@@]2(C)[C@@H](C[C@H](C)[C@]2(OC(=O)CC)C(=O)CO)[C@@H]2CCC3=CC(=O)C=C[C@]3(C)[C@@]12Cl. The lowest BCUT2D eigenvalue weighted by molar-refractivity contribution is -0.207. The first-order valence-electron chi connectivity index (χ1n) is 13.0. The maximum atomic E-state index is 13.5.